The molecule has 2 rings (SSSR count). The molecule has 0 atom stereocenters. The maximum absolute atomic E-state index is 12.2. The molecule has 0 N–H and O–H groups in total. The molecule has 0 aliphatic carbocycles. The van der Waals surface area contributed by atoms with Crippen LogP contribution in [0.4, 0.5) is 0 Å². The van der Waals surface area contributed by atoms with Gasteiger partial charge in [0, 0.05) is 19.2 Å². The first-order chi connectivity index (χ1) is 8.99. The molecule has 0 radical (unpaired) electrons. The maximum atomic E-state index is 12.2. The van der Waals surface area contributed by atoms with Gasteiger partial charge in [0.1, 0.15) is 5.76 Å². The van der Waals surface area contributed by atoms with Crippen molar-refractivity contribution < 1.29 is 9.21 Å². The number of carbonyl (C=O) groups is 1. The van der Waals surface area contributed by atoms with Gasteiger partial charge in [-0.05, 0) is 19.1 Å². The highest BCUT2D eigenvalue weighted by molar-refractivity contribution is 6.34. The Morgan fingerprint density at radius 1 is 1.42 bits per heavy atom. The summed E-state index contributed by atoms with van der Waals surface area (Å²) >= 11 is 11.6. The van der Waals surface area contributed by atoms with Gasteiger partial charge in [-0.25, -0.2) is 0 Å². The van der Waals surface area contributed by atoms with E-state index in [1.165, 1.54) is 11.0 Å². The number of nitrogens with zero attached hydrogens (tertiary/aromatic N) is 3. The molecular formula is C12H11Cl2N3O2. The van der Waals surface area contributed by atoms with Crippen LogP contribution in [0.25, 0.3) is 0 Å². The normalized spacial score (nSPS) is 10.5. The fraction of sp³-hybridized carbons (Fsp3) is 0.250. The summed E-state index contributed by atoms with van der Waals surface area (Å²) in [7, 11) is 1.67. The van der Waals surface area contributed by atoms with Crippen molar-refractivity contribution in [1.29, 1.82) is 0 Å². The molecule has 0 aromatic carbocycles. The first-order valence-corrected chi connectivity index (χ1v) is 6.22. The highest BCUT2D eigenvalue weighted by Crippen LogP contribution is 2.19. The zero-order chi connectivity index (χ0) is 14.0. The smallest absolute Gasteiger partial charge is 0.257 e. The van der Waals surface area contributed by atoms with Crippen molar-refractivity contribution in [3.8, 4) is 0 Å². The third-order valence-corrected chi connectivity index (χ3v) is 3.13. The van der Waals surface area contributed by atoms with E-state index in [9.17, 15) is 4.79 Å². The van der Waals surface area contributed by atoms with Crippen molar-refractivity contribution >= 4 is 29.1 Å². The van der Waals surface area contributed by atoms with Crippen molar-refractivity contribution in [3.05, 3.63) is 45.6 Å². The zero-order valence-corrected chi connectivity index (χ0v) is 11.9. The second kappa shape index (κ2) is 5.59. The predicted octanol–water partition coefficient (Wildman–Crippen LogP) is 2.96. The van der Waals surface area contributed by atoms with E-state index in [2.05, 4.69) is 10.2 Å². The largest absolute Gasteiger partial charge is 0.469 e. The van der Waals surface area contributed by atoms with Crippen LogP contribution in [-0.2, 0) is 6.54 Å². The zero-order valence-electron chi connectivity index (χ0n) is 10.4. The van der Waals surface area contributed by atoms with E-state index in [1.807, 2.05) is 13.0 Å². The molecule has 2 aromatic heterocycles. The van der Waals surface area contributed by atoms with E-state index in [0.717, 1.165) is 11.3 Å². The molecule has 0 fully saturated rings. The molecule has 100 valence electrons. The van der Waals surface area contributed by atoms with Crippen molar-refractivity contribution in [3.63, 3.8) is 0 Å². The molecule has 0 spiro atoms. The van der Waals surface area contributed by atoms with Gasteiger partial charge in [0.2, 0.25) is 0 Å². The summed E-state index contributed by atoms with van der Waals surface area (Å²) in [6, 6.07) is 3.22. The average molecular weight is 300 g/mol. The van der Waals surface area contributed by atoms with Gasteiger partial charge in [-0.2, -0.15) is 0 Å². The molecule has 0 unspecified atom stereocenters. The Balaban J connectivity index is 2.19. The van der Waals surface area contributed by atoms with Gasteiger partial charge in [0.25, 0.3) is 5.91 Å². The first-order valence-electron chi connectivity index (χ1n) is 5.46. The van der Waals surface area contributed by atoms with E-state index in [4.69, 9.17) is 27.6 Å². The monoisotopic (exact) mass is 299 g/mol. The summed E-state index contributed by atoms with van der Waals surface area (Å²) in [6.45, 7) is 2.25. The van der Waals surface area contributed by atoms with Crippen molar-refractivity contribution in [2.75, 3.05) is 7.05 Å². The Kier molecular flexibility index (Phi) is 4.07. The molecule has 0 saturated heterocycles. The van der Waals surface area contributed by atoms with Crippen LogP contribution in [0.1, 0.15) is 21.7 Å². The predicted molar refractivity (Wildman–Crippen MR) is 71.3 cm³/mol. The molecular weight excluding hydrogens is 289 g/mol. The maximum Gasteiger partial charge on any atom is 0.257 e. The van der Waals surface area contributed by atoms with Gasteiger partial charge in [-0.15, -0.1) is 10.2 Å². The fourth-order valence-corrected chi connectivity index (χ4v) is 1.93. The Hall–Kier alpha value is -1.59. The van der Waals surface area contributed by atoms with E-state index in [-0.39, 0.29) is 21.8 Å². The topological polar surface area (TPSA) is 59.2 Å². The minimum atomic E-state index is -0.276. The SMILES string of the molecule is Cc1occc1CN(C)C(=O)c1cc(Cl)nnc1Cl. The first kappa shape index (κ1) is 13.8. The van der Waals surface area contributed by atoms with Crippen LogP contribution in [0.15, 0.2) is 22.8 Å². The second-order valence-corrected chi connectivity index (χ2v) is 4.78. The molecule has 0 aliphatic rings. The van der Waals surface area contributed by atoms with Gasteiger partial charge >= 0.3 is 0 Å². The van der Waals surface area contributed by atoms with Crippen molar-refractivity contribution in [2.24, 2.45) is 0 Å². The number of hydrogen-bond acceptors (Lipinski definition) is 4. The van der Waals surface area contributed by atoms with Crippen LogP contribution in [-0.4, -0.2) is 28.1 Å². The molecule has 0 aliphatic heterocycles. The Morgan fingerprint density at radius 3 is 2.79 bits per heavy atom. The molecule has 0 bridgehead atoms. The number of aryl methyl sites for hydroxylation is 1. The summed E-state index contributed by atoms with van der Waals surface area (Å²) in [5, 5.41) is 7.34. The summed E-state index contributed by atoms with van der Waals surface area (Å²) in [5.41, 5.74) is 1.16. The van der Waals surface area contributed by atoms with Crippen LogP contribution in [0.2, 0.25) is 10.3 Å². The number of amides is 1. The third kappa shape index (κ3) is 3.05. The van der Waals surface area contributed by atoms with Crippen molar-refractivity contribution in [2.45, 2.75) is 13.5 Å². The summed E-state index contributed by atoms with van der Waals surface area (Å²) in [5.74, 6) is 0.499. The van der Waals surface area contributed by atoms with Crippen LogP contribution < -0.4 is 0 Å². The average Bonchev–Trinajstić information content (AvgIpc) is 2.77. The van der Waals surface area contributed by atoms with E-state index >= 15 is 0 Å². The minimum Gasteiger partial charge on any atom is -0.469 e. The number of furan rings is 1. The molecule has 2 heterocycles. The molecule has 0 saturated carbocycles. The van der Waals surface area contributed by atoms with Gasteiger partial charge in [0.15, 0.2) is 10.3 Å². The molecule has 5 nitrogen and oxygen atoms in total. The van der Waals surface area contributed by atoms with E-state index < -0.39 is 0 Å². The van der Waals surface area contributed by atoms with E-state index in [0.29, 0.717) is 6.54 Å². The van der Waals surface area contributed by atoms with Gasteiger partial charge < -0.3 is 9.32 Å². The third-order valence-electron chi connectivity index (χ3n) is 2.67. The Bertz CT molecular complexity index is 613. The number of carbonyl (C=O) groups excluding carboxylic acids is 1. The number of aromatic nitrogens is 2. The van der Waals surface area contributed by atoms with Crippen LogP contribution in [0.3, 0.4) is 0 Å². The fourth-order valence-electron chi connectivity index (χ4n) is 1.61. The summed E-state index contributed by atoms with van der Waals surface area (Å²) < 4.78 is 5.19. The Labute approximate surface area is 120 Å². The molecule has 19 heavy (non-hydrogen) atoms. The number of rotatable bonds is 3. The highest BCUT2D eigenvalue weighted by atomic mass is 35.5. The summed E-state index contributed by atoms with van der Waals surface area (Å²) in [4.78, 5) is 13.8. The van der Waals surface area contributed by atoms with Gasteiger partial charge in [-0.1, -0.05) is 23.2 Å². The standard InChI is InChI=1S/C12H11Cl2N3O2/c1-7-8(3-4-19-7)6-17(2)12(18)9-5-10(13)15-16-11(9)14/h3-5H,6H2,1-2H3. The summed E-state index contributed by atoms with van der Waals surface area (Å²) in [6.07, 6.45) is 1.58. The van der Waals surface area contributed by atoms with Crippen LogP contribution >= 0.6 is 23.2 Å². The van der Waals surface area contributed by atoms with Gasteiger partial charge in [0.05, 0.1) is 11.8 Å². The number of halogens is 2. The van der Waals surface area contributed by atoms with E-state index in [1.54, 1.807) is 13.3 Å². The van der Waals surface area contributed by atoms with Gasteiger partial charge in [-0.3, -0.25) is 4.79 Å². The molecule has 2 aromatic rings. The minimum absolute atomic E-state index is 0.0326. The lowest BCUT2D eigenvalue weighted by molar-refractivity contribution is 0.0784. The molecule has 1 amide bonds. The van der Waals surface area contributed by atoms with Crippen LogP contribution in [0, 0.1) is 6.92 Å². The lowest BCUT2D eigenvalue weighted by Crippen LogP contribution is -2.26. The Morgan fingerprint density at radius 2 is 2.16 bits per heavy atom. The van der Waals surface area contributed by atoms with Crippen LogP contribution in [0.5, 0.6) is 0 Å². The lowest BCUT2D eigenvalue weighted by atomic mass is 10.2. The lowest BCUT2D eigenvalue weighted by Gasteiger charge is -2.17. The molecule has 7 heteroatoms. The highest BCUT2D eigenvalue weighted by Gasteiger charge is 2.18. The second-order valence-electron chi connectivity index (χ2n) is 4.03. The quantitative estimate of drug-likeness (QED) is 0.874. The number of hydrogen-bond donors (Lipinski definition) is 0. The van der Waals surface area contributed by atoms with Crippen molar-refractivity contribution in [1.82, 2.24) is 15.1 Å².